The fraction of sp³-hybridized carbons (Fsp3) is 0.929. The van der Waals surface area contributed by atoms with Gasteiger partial charge in [0.15, 0.2) is 0 Å². The Bertz CT molecular complexity index is 436. The molecular weight excluding hydrogens is 290 g/mol. The summed E-state index contributed by atoms with van der Waals surface area (Å²) in [5.41, 5.74) is 0. The first-order valence-electron chi connectivity index (χ1n) is 8.04. The lowest BCUT2D eigenvalue weighted by molar-refractivity contribution is -0.124. The number of sulfonamides is 1. The van der Waals surface area contributed by atoms with E-state index < -0.39 is 10.0 Å². The standard InChI is InChI=1S/C14H27N3O3S/c1-2-21(19,20)17-10-7-12(8-11-17)16-14(18)13-6-4-3-5-9-15-13/h12-13,15H,2-11H2,1H3,(H,16,18). The highest BCUT2D eigenvalue weighted by Gasteiger charge is 2.29. The third kappa shape index (κ3) is 4.66. The molecule has 2 fully saturated rings. The monoisotopic (exact) mass is 317 g/mol. The molecule has 2 rings (SSSR count). The minimum atomic E-state index is -3.09. The molecule has 1 atom stereocenters. The maximum Gasteiger partial charge on any atom is 0.237 e. The Hall–Kier alpha value is -0.660. The van der Waals surface area contributed by atoms with Gasteiger partial charge < -0.3 is 10.6 Å². The highest BCUT2D eigenvalue weighted by Crippen LogP contribution is 2.15. The number of piperidine rings is 1. The molecule has 0 spiro atoms. The summed E-state index contributed by atoms with van der Waals surface area (Å²) >= 11 is 0. The van der Waals surface area contributed by atoms with Crippen LogP contribution in [0.3, 0.4) is 0 Å². The van der Waals surface area contributed by atoms with Crippen LogP contribution in [0.25, 0.3) is 0 Å². The van der Waals surface area contributed by atoms with E-state index in [2.05, 4.69) is 10.6 Å². The number of nitrogens with zero attached hydrogens (tertiary/aromatic N) is 1. The summed E-state index contributed by atoms with van der Waals surface area (Å²) in [6, 6.07) is 0.0239. The molecule has 2 aliphatic heterocycles. The van der Waals surface area contributed by atoms with Gasteiger partial charge in [0.2, 0.25) is 15.9 Å². The van der Waals surface area contributed by atoms with Gasteiger partial charge in [0.1, 0.15) is 0 Å². The van der Waals surface area contributed by atoms with E-state index in [9.17, 15) is 13.2 Å². The minimum absolute atomic E-state index is 0.0775. The fourth-order valence-corrected chi connectivity index (χ4v) is 4.15. The van der Waals surface area contributed by atoms with Crippen molar-refractivity contribution < 1.29 is 13.2 Å². The van der Waals surface area contributed by atoms with E-state index in [1.165, 1.54) is 6.42 Å². The van der Waals surface area contributed by atoms with Crippen molar-refractivity contribution in [3.05, 3.63) is 0 Å². The zero-order valence-corrected chi connectivity index (χ0v) is 13.6. The van der Waals surface area contributed by atoms with Crippen LogP contribution in [0.2, 0.25) is 0 Å². The Morgan fingerprint density at radius 3 is 2.57 bits per heavy atom. The minimum Gasteiger partial charge on any atom is -0.352 e. The molecule has 2 saturated heterocycles. The van der Waals surface area contributed by atoms with Crippen LogP contribution in [-0.2, 0) is 14.8 Å². The van der Waals surface area contributed by atoms with Crippen molar-refractivity contribution in [3.8, 4) is 0 Å². The lowest BCUT2D eigenvalue weighted by Crippen LogP contribution is -2.51. The zero-order chi connectivity index (χ0) is 15.3. The maximum absolute atomic E-state index is 12.2. The Kier molecular flexibility index (Phi) is 6.01. The molecule has 2 N–H and O–H groups in total. The molecule has 21 heavy (non-hydrogen) atoms. The fourth-order valence-electron chi connectivity index (χ4n) is 3.02. The van der Waals surface area contributed by atoms with Crippen molar-refractivity contribution in [2.75, 3.05) is 25.4 Å². The molecule has 1 amide bonds. The van der Waals surface area contributed by atoms with Crippen LogP contribution in [0, 0.1) is 0 Å². The largest absolute Gasteiger partial charge is 0.352 e. The summed E-state index contributed by atoms with van der Waals surface area (Å²) in [4.78, 5) is 12.2. The Balaban J connectivity index is 1.79. The Labute approximate surface area is 127 Å². The predicted octanol–water partition coefficient (Wildman–Crippen LogP) is 0.449. The summed E-state index contributed by atoms with van der Waals surface area (Å²) in [5, 5.41) is 6.38. The maximum atomic E-state index is 12.2. The molecule has 2 aliphatic rings. The lowest BCUT2D eigenvalue weighted by Gasteiger charge is -2.32. The van der Waals surface area contributed by atoms with Crippen LogP contribution in [-0.4, -0.2) is 56.1 Å². The third-order valence-electron chi connectivity index (χ3n) is 4.44. The molecule has 0 aromatic rings. The van der Waals surface area contributed by atoms with Crippen LogP contribution in [0.1, 0.15) is 45.4 Å². The molecule has 1 unspecified atom stereocenters. The number of rotatable bonds is 4. The summed E-state index contributed by atoms with van der Waals surface area (Å²) in [6.45, 7) is 3.60. The molecular formula is C14H27N3O3S. The molecule has 6 nitrogen and oxygen atoms in total. The van der Waals surface area contributed by atoms with Crippen molar-refractivity contribution in [2.45, 2.75) is 57.5 Å². The molecule has 0 aliphatic carbocycles. The van der Waals surface area contributed by atoms with Crippen LogP contribution < -0.4 is 10.6 Å². The van der Waals surface area contributed by atoms with E-state index in [4.69, 9.17) is 0 Å². The Morgan fingerprint density at radius 1 is 1.19 bits per heavy atom. The van der Waals surface area contributed by atoms with E-state index >= 15 is 0 Å². The number of hydrogen-bond acceptors (Lipinski definition) is 4. The zero-order valence-electron chi connectivity index (χ0n) is 12.8. The number of nitrogens with one attached hydrogen (secondary N) is 2. The number of hydrogen-bond donors (Lipinski definition) is 2. The van der Waals surface area contributed by atoms with E-state index in [1.54, 1.807) is 11.2 Å². The first kappa shape index (κ1) is 16.7. The van der Waals surface area contributed by atoms with Gasteiger partial charge in [-0.15, -0.1) is 0 Å². The molecule has 0 saturated carbocycles. The van der Waals surface area contributed by atoms with Gasteiger partial charge >= 0.3 is 0 Å². The first-order valence-corrected chi connectivity index (χ1v) is 9.65. The second-order valence-electron chi connectivity index (χ2n) is 5.94. The van der Waals surface area contributed by atoms with E-state index in [1.807, 2.05) is 0 Å². The van der Waals surface area contributed by atoms with Crippen LogP contribution in [0.5, 0.6) is 0 Å². The normalized spacial score (nSPS) is 26.2. The average molecular weight is 317 g/mol. The molecule has 7 heteroatoms. The topological polar surface area (TPSA) is 78.5 Å². The second kappa shape index (κ2) is 7.56. The molecule has 122 valence electrons. The summed E-state index contributed by atoms with van der Waals surface area (Å²) in [7, 11) is -3.09. The van der Waals surface area contributed by atoms with E-state index in [-0.39, 0.29) is 23.7 Å². The van der Waals surface area contributed by atoms with Gasteiger partial charge in [-0.05, 0) is 39.2 Å². The van der Waals surface area contributed by atoms with Crippen molar-refractivity contribution in [2.24, 2.45) is 0 Å². The molecule has 0 bridgehead atoms. The van der Waals surface area contributed by atoms with Crippen molar-refractivity contribution in [3.63, 3.8) is 0 Å². The number of amides is 1. The summed E-state index contributed by atoms with van der Waals surface area (Å²) in [5.74, 6) is 0.226. The lowest BCUT2D eigenvalue weighted by atomic mass is 10.0. The van der Waals surface area contributed by atoms with Gasteiger partial charge in [-0.25, -0.2) is 12.7 Å². The van der Waals surface area contributed by atoms with E-state index in [0.717, 1.165) is 25.8 Å². The molecule has 0 aromatic heterocycles. The predicted molar refractivity (Wildman–Crippen MR) is 82.5 cm³/mol. The van der Waals surface area contributed by atoms with Gasteiger partial charge in [-0.3, -0.25) is 4.79 Å². The highest BCUT2D eigenvalue weighted by atomic mass is 32.2. The first-order chi connectivity index (χ1) is 10.0. The van der Waals surface area contributed by atoms with Crippen LogP contribution >= 0.6 is 0 Å². The summed E-state index contributed by atoms with van der Waals surface area (Å²) in [6.07, 6.45) is 5.73. The smallest absolute Gasteiger partial charge is 0.237 e. The van der Waals surface area contributed by atoms with E-state index in [0.29, 0.717) is 25.9 Å². The average Bonchev–Trinajstić information content (AvgIpc) is 2.77. The second-order valence-corrected chi connectivity index (χ2v) is 8.20. The van der Waals surface area contributed by atoms with Gasteiger partial charge in [-0.2, -0.15) is 0 Å². The van der Waals surface area contributed by atoms with Gasteiger partial charge in [0.05, 0.1) is 11.8 Å². The van der Waals surface area contributed by atoms with Gasteiger partial charge in [0, 0.05) is 19.1 Å². The van der Waals surface area contributed by atoms with Crippen molar-refractivity contribution in [1.82, 2.24) is 14.9 Å². The Morgan fingerprint density at radius 2 is 1.90 bits per heavy atom. The molecule has 2 heterocycles. The van der Waals surface area contributed by atoms with Crippen LogP contribution in [0.15, 0.2) is 0 Å². The van der Waals surface area contributed by atoms with Crippen molar-refractivity contribution in [1.29, 1.82) is 0 Å². The quantitative estimate of drug-likeness (QED) is 0.789. The number of carbonyl (C=O) groups is 1. The summed E-state index contributed by atoms with van der Waals surface area (Å²) < 4.78 is 25.1. The van der Waals surface area contributed by atoms with Crippen LogP contribution in [0.4, 0.5) is 0 Å². The highest BCUT2D eigenvalue weighted by molar-refractivity contribution is 7.89. The van der Waals surface area contributed by atoms with Gasteiger partial charge in [-0.1, -0.05) is 12.8 Å². The SMILES string of the molecule is CCS(=O)(=O)N1CCC(NC(=O)C2CCCCCN2)CC1. The molecule has 0 radical (unpaired) electrons. The number of carbonyl (C=O) groups excluding carboxylic acids is 1. The molecule has 0 aromatic carbocycles. The third-order valence-corrected chi connectivity index (χ3v) is 6.32. The van der Waals surface area contributed by atoms with Gasteiger partial charge in [0.25, 0.3) is 0 Å². The van der Waals surface area contributed by atoms with Crippen molar-refractivity contribution >= 4 is 15.9 Å².